The number of nitrogens with one attached hydrogen (secondary N) is 1. The normalized spacial score (nSPS) is 11.7. The molecule has 1 N–H and O–H groups in total. The maximum absolute atomic E-state index is 11.5. The van der Waals surface area contributed by atoms with E-state index in [1.165, 1.54) is 6.92 Å². The molecule has 0 saturated carbocycles. The SMILES string of the molecule is COc1ccc(NC(=O)[C@@H](Br)C(C)=O)cc1. The molecule has 1 amide bonds. The molecule has 0 aromatic heterocycles. The molecule has 1 rings (SSSR count). The first-order chi connectivity index (χ1) is 7.54. The van der Waals surface area contributed by atoms with Gasteiger partial charge in [-0.3, -0.25) is 9.59 Å². The average molecular weight is 286 g/mol. The Morgan fingerprint density at radius 3 is 2.31 bits per heavy atom. The summed E-state index contributed by atoms with van der Waals surface area (Å²) in [6.07, 6.45) is 0. The third-order valence-electron chi connectivity index (χ3n) is 1.94. The number of amides is 1. The molecular weight excluding hydrogens is 274 g/mol. The molecule has 1 atom stereocenters. The molecule has 1 aromatic rings. The van der Waals surface area contributed by atoms with Crippen LogP contribution in [0.5, 0.6) is 5.75 Å². The molecule has 4 nitrogen and oxygen atoms in total. The quantitative estimate of drug-likeness (QED) is 0.680. The number of halogens is 1. The molecule has 0 saturated heterocycles. The number of anilines is 1. The minimum Gasteiger partial charge on any atom is -0.497 e. The van der Waals surface area contributed by atoms with E-state index in [4.69, 9.17) is 4.74 Å². The maximum Gasteiger partial charge on any atom is 0.245 e. The first-order valence-electron chi connectivity index (χ1n) is 4.64. The highest BCUT2D eigenvalue weighted by molar-refractivity contribution is 9.10. The number of ketones is 1. The van der Waals surface area contributed by atoms with Crippen molar-refractivity contribution >= 4 is 33.3 Å². The standard InChI is InChI=1S/C11H12BrNO3/c1-7(14)10(12)11(15)13-8-3-5-9(16-2)6-4-8/h3-6,10H,1-2H3,(H,13,15)/t10-/m0/s1. The van der Waals surface area contributed by atoms with Gasteiger partial charge in [0.05, 0.1) is 7.11 Å². The Balaban J connectivity index is 2.66. The van der Waals surface area contributed by atoms with Crippen LogP contribution in [0.25, 0.3) is 0 Å². The highest BCUT2D eigenvalue weighted by atomic mass is 79.9. The lowest BCUT2D eigenvalue weighted by molar-refractivity contribution is -0.123. The number of Topliss-reactive ketones (excluding diaryl/α,β-unsaturated/α-hetero) is 1. The van der Waals surface area contributed by atoms with Crippen molar-refractivity contribution in [3.8, 4) is 5.75 Å². The van der Waals surface area contributed by atoms with Crippen molar-refractivity contribution in [1.82, 2.24) is 0 Å². The fraction of sp³-hybridized carbons (Fsp3) is 0.273. The number of ether oxygens (including phenoxy) is 1. The van der Waals surface area contributed by atoms with Gasteiger partial charge in [-0.05, 0) is 31.2 Å². The molecule has 0 aliphatic rings. The van der Waals surface area contributed by atoms with Crippen LogP contribution >= 0.6 is 15.9 Å². The number of carbonyl (C=O) groups excluding carboxylic acids is 2. The Morgan fingerprint density at radius 1 is 1.31 bits per heavy atom. The van der Waals surface area contributed by atoms with Crippen molar-refractivity contribution in [3.05, 3.63) is 24.3 Å². The fourth-order valence-electron chi connectivity index (χ4n) is 1.06. The van der Waals surface area contributed by atoms with E-state index in [1.54, 1.807) is 31.4 Å². The van der Waals surface area contributed by atoms with Gasteiger partial charge < -0.3 is 10.1 Å². The molecule has 0 bridgehead atoms. The third-order valence-corrected chi connectivity index (χ3v) is 3.01. The van der Waals surface area contributed by atoms with Crippen molar-refractivity contribution in [2.24, 2.45) is 0 Å². The van der Waals surface area contributed by atoms with Gasteiger partial charge in [0.2, 0.25) is 5.91 Å². The Kier molecular flexibility index (Phi) is 4.49. The predicted octanol–water partition coefficient (Wildman–Crippen LogP) is 1.99. The number of carbonyl (C=O) groups is 2. The van der Waals surface area contributed by atoms with Crippen LogP contribution in [0.1, 0.15) is 6.92 Å². The predicted molar refractivity (Wildman–Crippen MR) is 65.0 cm³/mol. The highest BCUT2D eigenvalue weighted by Crippen LogP contribution is 2.16. The van der Waals surface area contributed by atoms with E-state index in [9.17, 15) is 9.59 Å². The van der Waals surface area contributed by atoms with Crippen LogP contribution in [0.3, 0.4) is 0 Å². The van der Waals surface area contributed by atoms with Gasteiger partial charge in [0.15, 0.2) is 10.6 Å². The minimum atomic E-state index is -0.811. The van der Waals surface area contributed by atoms with Crippen LogP contribution in [-0.4, -0.2) is 23.6 Å². The average Bonchev–Trinajstić information content (AvgIpc) is 2.28. The Hall–Kier alpha value is -1.36. The molecule has 86 valence electrons. The van der Waals surface area contributed by atoms with Crippen LogP contribution in [0, 0.1) is 0 Å². The van der Waals surface area contributed by atoms with Gasteiger partial charge in [-0.2, -0.15) is 0 Å². The second-order valence-electron chi connectivity index (χ2n) is 3.19. The molecule has 1 aromatic carbocycles. The van der Waals surface area contributed by atoms with Crippen molar-refractivity contribution in [3.63, 3.8) is 0 Å². The van der Waals surface area contributed by atoms with Crippen LogP contribution in [-0.2, 0) is 9.59 Å². The number of rotatable bonds is 4. The van der Waals surface area contributed by atoms with Gasteiger partial charge in [0, 0.05) is 5.69 Å². The summed E-state index contributed by atoms with van der Waals surface area (Å²) in [6, 6.07) is 6.87. The second-order valence-corrected chi connectivity index (χ2v) is 4.11. The molecule has 0 spiro atoms. The zero-order chi connectivity index (χ0) is 12.1. The lowest BCUT2D eigenvalue weighted by Crippen LogP contribution is -2.28. The van der Waals surface area contributed by atoms with Gasteiger partial charge in [-0.15, -0.1) is 0 Å². The summed E-state index contributed by atoms with van der Waals surface area (Å²) < 4.78 is 4.98. The number of alkyl halides is 1. The molecule has 0 aliphatic heterocycles. The van der Waals surface area contributed by atoms with E-state index in [0.29, 0.717) is 11.4 Å². The van der Waals surface area contributed by atoms with Gasteiger partial charge in [0.25, 0.3) is 0 Å². The molecule has 5 heteroatoms. The van der Waals surface area contributed by atoms with E-state index in [2.05, 4.69) is 21.2 Å². The van der Waals surface area contributed by atoms with E-state index < -0.39 is 4.83 Å². The number of methoxy groups -OCH3 is 1. The largest absolute Gasteiger partial charge is 0.497 e. The Labute approximate surface area is 102 Å². The van der Waals surface area contributed by atoms with Crippen molar-refractivity contribution in [1.29, 1.82) is 0 Å². The van der Waals surface area contributed by atoms with Crippen molar-refractivity contribution in [2.75, 3.05) is 12.4 Å². The number of hydrogen-bond acceptors (Lipinski definition) is 3. The molecule has 16 heavy (non-hydrogen) atoms. The summed E-state index contributed by atoms with van der Waals surface area (Å²) in [4.78, 5) is 21.6. The van der Waals surface area contributed by atoms with E-state index in [-0.39, 0.29) is 11.7 Å². The van der Waals surface area contributed by atoms with Crippen molar-refractivity contribution < 1.29 is 14.3 Å². The first-order valence-corrected chi connectivity index (χ1v) is 5.55. The maximum atomic E-state index is 11.5. The van der Waals surface area contributed by atoms with E-state index >= 15 is 0 Å². The van der Waals surface area contributed by atoms with E-state index in [1.807, 2.05) is 0 Å². The van der Waals surface area contributed by atoms with Gasteiger partial charge >= 0.3 is 0 Å². The summed E-state index contributed by atoms with van der Waals surface area (Å²) in [5, 5.41) is 2.61. The Bertz CT molecular complexity index is 389. The number of benzene rings is 1. The third kappa shape index (κ3) is 3.34. The fourth-order valence-corrected chi connectivity index (χ4v) is 1.18. The molecule has 0 fully saturated rings. The smallest absolute Gasteiger partial charge is 0.245 e. The van der Waals surface area contributed by atoms with Gasteiger partial charge in [0.1, 0.15) is 5.75 Å². The molecule has 0 unspecified atom stereocenters. The topological polar surface area (TPSA) is 55.4 Å². The molecular formula is C11H12BrNO3. The summed E-state index contributed by atoms with van der Waals surface area (Å²) in [6.45, 7) is 1.35. The number of hydrogen-bond donors (Lipinski definition) is 1. The first kappa shape index (κ1) is 12.7. The highest BCUT2D eigenvalue weighted by Gasteiger charge is 2.19. The van der Waals surface area contributed by atoms with E-state index in [0.717, 1.165) is 0 Å². The van der Waals surface area contributed by atoms with Crippen LogP contribution in [0.4, 0.5) is 5.69 Å². The lowest BCUT2D eigenvalue weighted by atomic mass is 10.2. The van der Waals surface area contributed by atoms with Crippen molar-refractivity contribution in [2.45, 2.75) is 11.8 Å². The van der Waals surface area contributed by atoms with Crippen LogP contribution in [0.15, 0.2) is 24.3 Å². The molecule has 0 radical (unpaired) electrons. The van der Waals surface area contributed by atoms with Crippen LogP contribution in [0.2, 0.25) is 0 Å². The van der Waals surface area contributed by atoms with Gasteiger partial charge in [-0.1, -0.05) is 15.9 Å². The van der Waals surface area contributed by atoms with Gasteiger partial charge in [-0.25, -0.2) is 0 Å². The zero-order valence-corrected chi connectivity index (χ0v) is 10.6. The monoisotopic (exact) mass is 285 g/mol. The summed E-state index contributed by atoms with van der Waals surface area (Å²) in [7, 11) is 1.57. The summed E-state index contributed by atoms with van der Waals surface area (Å²) in [5.41, 5.74) is 0.622. The zero-order valence-electron chi connectivity index (χ0n) is 8.99. The lowest BCUT2D eigenvalue weighted by Gasteiger charge is -2.08. The van der Waals surface area contributed by atoms with Crippen LogP contribution < -0.4 is 10.1 Å². The summed E-state index contributed by atoms with van der Waals surface area (Å²) >= 11 is 3.01. The minimum absolute atomic E-state index is 0.231. The summed E-state index contributed by atoms with van der Waals surface area (Å²) in [5.74, 6) is 0.101. The second kappa shape index (κ2) is 5.65. The molecule has 0 heterocycles. The molecule has 0 aliphatic carbocycles. The Morgan fingerprint density at radius 2 is 1.88 bits per heavy atom.